The molecule has 0 spiro atoms. The molecule has 0 aliphatic carbocycles. The van der Waals surface area contributed by atoms with Gasteiger partial charge in [0.2, 0.25) is 0 Å². The number of nitrogens with one attached hydrogen (secondary N) is 1. The fourth-order valence-corrected chi connectivity index (χ4v) is 2.98. The van der Waals surface area contributed by atoms with Gasteiger partial charge in [0.05, 0.1) is 17.3 Å². The standard InChI is InChI=1S/C20H18ClN5/c1-12-5-7-16(8-14(12)3)26-20-17(10-24-26)19(22-11-23-20)25-15-6-4-13(2)18(21)9-15/h4-11H,1-3H3,(H,22,23,25). The third-order valence-electron chi connectivity index (χ3n) is 4.54. The van der Waals surface area contributed by atoms with E-state index in [0.29, 0.717) is 10.8 Å². The van der Waals surface area contributed by atoms with Gasteiger partial charge in [-0.25, -0.2) is 14.6 Å². The normalized spacial score (nSPS) is 11.1. The van der Waals surface area contributed by atoms with Gasteiger partial charge in [0, 0.05) is 10.7 Å². The molecular formula is C20H18ClN5. The van der Waals surface area contributed by atoms with Crippen molar-refractivity contribution < 1.29 is 0 Å². The number of aryl methyl sites for hydroxylation is 3. The molecule has 0 fully saturated rings. The van der Waals surface area contributed by atoms with Crippen LogP contribution in [0.5, 0.6) is 0 Å². The lowest BCUT2D eigenvalue weighted by molar-refractivity contribution is 0.893. The van der Waals surface area contributed by atoms with Crippen LogP contribution >= 0.6 is 11.6 Å². The number of anilines is 2. The van der Waals surface area contributed by atoms with Gasteiger partial charge >= 0.3 is 0 Å². The number of hydrogen-bond acceptors (Lipinski definition) is 4. The fraction of sp³-hybridized carbons (Fsp3) is 0.150. The first kappa shape index (κ1) is 16.5. The Bertz CT molecular complexity index is 1120. The molecule has 0 aliphatic rings. The summed E-state index contributed by atoms with van der Waals surface area (Å²) in [5.74, 6) is 0.699. The molecule has 2 heterocycles. The van der Waals surface area contributed by atoms with Crippen LogP contribution in [0.25, 0.3) is 16.7 Å². The first-order valence-corrected chi connectivity index (χ1v) is 8.70. The van der Waals surface area contributed by atoms with Gasteiger partial charge in [-0.15, -0.1) is 0 Å². The summed E-state index contributed by atoms with van der Waals surface area (Å²) < 4.78 is 1.83. The fourth-order valence-electron chi connectivity index (χ4n) is 2.80. The molecule has 0 unspecified atom stereocenters. The van der Waals surface area contributed by atoms with E-state index in [9.17, 15) is 0 Å². The predicted molar refractivity (Wildman–Crippen MR) is 106 cm³/mol. The van der Waals surface area contributed by atoms with Gasteiger partial charge in [-0.05, 0) is 61.7 Å². The van der Waals surface area contributed by atoms with E-state index in [1.807, 2.05) is 35.9 Å². The third kappa shape index (κ3) is 2.91. The number of halogens is 1. The largest absolute Gasteiger partial charge is 0.339 e. The van der Waals surface area contributed by atoms with E-state index in [4.69, 9.17) is 11.6 Å². The molecule has 0 bridgehead atoms. The summed E-state index contributed by atoms with van der Waals surface area (Å²) in [6.45, 7) is 6.16. The molecule has 2 aromatic heterocycles. The van der Waals surface area contributed by atoms with Crippen molar-refractivity contribution in [3.8, 4) is 5.69 Å². The van der Waals surface area contributed by atoms with Gasteiger partial charge in [0.15, 0.2) is 5.65 Å². The van der Waals surface area contributed by atoms with Crippen molar-refractivity contribution in [1.29, 1.82) is 0 Å². The van der Waals surface area contributed by atoms with Crippen LogP contribution in [0.4, 0.5) is 11.5 Å². The summed E-state index contributed by atoms with van der Waals surface area (Å²) in [6.07, 6.45) is 3.32. The first-order valence-electron chi connectivity index (χ1n) is 8.32. The van der Waals surface area contributed by atoms with Crippen molar-refractivity contribution in [2.45, 2.75) is 20.8 Å². The quantitative estimate of drug-likeness (QED) is 0.547. The lowest BCUT2D eigenvalue weighted by Crippen LogP contribution is -2.00. The second-order valence-corrected chi connectivity index (χ2v) is 6.78. The highest BCUT2D eigenvalue weighted by molar-refractivity contribution is 6.31. The molecule has 0 radical (unpaired) electrons. The molecule has 1 N–H and O–H groups in total. The van der Waals surface area contributed by atoms with Gasteiger partial charge < -0.3 is 5.32 Å². The van der Waals surface area contributed by atoms with E-state index in [2.05, 4.69) is 46.4 Å². The zero-order chi connectivity index (χ0) is 18.3. The topological polar surface area (TPSA) is 55.6 Å². The summed E-state index contributed by atoms with van der Waals surface area (Å²) in [4.78, 5) is 8.80. The van der Waals surface area contributed by atoms with Gasteiger partial charge in [0.1, 0.15) is 12.1 Å². The molecule has 0 atom stereocenters. The third-order valence-corrected chi connectivity index (χ3v) is 4.94. The zero-order valence-electron chi connectivity index (χ0n) is 14.8. The SMILES string of the molecule is Cc1ccc(-n2ncc3c(Nc4ccc(C)c(Cl)c4)ncnc32)cc1C. The monoisotopic (exact) mass is 363 g/mol. The van der Waals surface area contributed by atoms with Crippen LogP contribution < -0.4 is 5.32 Å². The predicted octanol–water partition coefficient (Wildman–Crippen LogP) is 5.14. The number of rotatable bonds is 3. The van der Waals surface area contributed by atoms with E-state index >= 15 is 0 Å². The van der Waals surface area contributed by atoms with Crippen LogP contribution in [0.2, 0.25) is 5.02 Å². The molecule has 0 saturated heterocycles. The van der Waals surface area contributed by atoms with Crippen molar-refractivity contribution in [2.75, 3.05) is 5.32 Å². The van der Waals surface area contributed by atoms with Crippen LogP contribution in [-0.2, 0) is 0 Å². The Morgan fingerprint density at radius 2 is 1.73 bits per heavy atom. The number of fused-ring (bicyclic) bond motifs is 1. The number of hydrogen-bond donors (Lipinski definition) is 1. The van der Waals surface area contributed by atoms with Crippen LogP contribution in [0.1, 0.15) is 16.7 Å². The van der Waals surface area contributed by atoms with E-state index in [0.717, 1.165) is 28.0 Å². The van der Waals surface area contributed by atoms with Crippen LogP contribution in [0.3, 0.4) is 0 Å². The van der Waals surface area contributed by atoms with Crippen molar-refractivity contribution >= 4 is 34.1 Å². The van der Waals surface area contributed by atoms with E-state index in [1.54, 1.807) is 12.5 Å². The second kappa shape index (κ2) is 6.42. The minimum atomic E-state index is 0.699. The Morgan fingerprint density at radius 3 is 2.50 bits per heavy atom. The molecular weight excluding hydrogens is 346 g/mol. The maximum atomic E-state index is 6.22. The van der Waals surface area contributed by atoms with Crippen molar-refractivity contribution in [2.24, 2.45) is 0 Å². The second-order valence-electron chi connectivity index (χ2n) is 6.37. The minimum absolute atomic E-state index is 0.699. The van der Waals surface area contributed by atoms with Gasteiger partial charge in [-0.2, -0.15) is 5.10 Å². The Labute approximate surface area is 156 Å². The van der Waals surface area contributed by atoms with Crippen LogP contribution in [0, 0.1) is 20.8 Å². The highest BCUT2D eigenvalue weighted by Gasteiger charge is 2.12. The molecule has 5 nitrogen and oxygen atoms in total. The lowest BCUT2D eigenvalue weighted by Gasteiger charge is -2.09. The van der Waals surface area contributed by atoms with E-state index in [1.165, 1.54) is 11.1 Å². The van der Waals surface area contributed by atoms with Gasteiger partial charge in [0.25, 0.3) is 0 Å². The molecule has 4 aromatic rings. The Balaban J connectivity index is 1.77. The summed E-state index contributed by atoms with van der Waals surface area (Å²) >= 11 is 6.22. The van der Waals surface area contributed by atoms with E-state index < -0.39 is 0 Å². The number of aromatic nitrogens is 4. The summed E-state index contributed by atoms with van der Waals surface area (Å²) in [7, 11) is 0. The Morgan fingerprint density at radius 1 is 0.923 bits per heavy atom. The van der Waals surface area contributed by atoms with Crippen molar-refractivity contribution in [3.63, 3.8) is 0 Å². The molecule has 130 valence electrons. The highest BCUT2D eigenvalue weighted by atomic mass is 35.5. The summed E-state index contributed by atoms with van der Waals surface area (Å²) in [6, 6.07) is 12.1. The summed E-state index contributed by atoms with van der Waals surface area (Å²) in [5, 5.41) is 9.39. The molecule has 0 saturated carbocycles. The zero-order valence-corrected chi connectivity index (χ0v) is 15.5. The lowest BCUT2D eigenvalue weighted by atomic mass is 10.1. The average molecular weight is 364 g/mol. The highest BCUT2D eigenvalue weighted by Crippen LogP contribution is 2.27. The molecule has 6 heteroatoms. The molecule has 0 amide bonds. The molecule has 26 heavy (non-hydrogen) atoms. The van der Waals surface area contributed by atoms with Crippen LogP contribution in [-0.4, -0.2) is 19.7 Å². The minimum Gasteiger partial charge on any atom is -0.339 e. The summed E-state index contributed by atoms with van der Waals surface area (Å²) in [5.41, 5.74) is 6.11. The van der Waals surface area contributed by atoms with Crippen molar-refractivity contribution in [1.82, 2.24) is 19.7 Å². The van der Waals surface area contributed by atoms with Crippen molar-refractivity contribution in [3.05, 3.63) is 70.6 Å². The average Bonchev–Trinajstić information content (AvgIpc) is 3.06. The smallest absolute Gasteiger partial charge is 0.168 e. The van der Waals surface area contributed by atoms with Crippen LogP contribution in [0.15, 0.2) is 48.9 Å². The maximum Gasteiger partial charge on any atom is 0.168 e. The molecule has 4 rings (SSSR count). The Kier molecular flexibility index (Phi) is 4.09. The first-order chi connectivity index (χ1) is 12.5. The molecule has 0 aliphatic heterocycles. The maximum absolute atomic E-state index is 6.22. The Hall–Kier alpha value is -2.92. The van der Waals surface area contributed by atoms with Gasteiger partial charge in [-0.3, -0.25) is 0 Å². The number of nitrogens with zero attached hydrogens (tertiary/aromatic N) is 4. The number of benzene rings is 2. The van der Waals surface area contributed by atoms with E-state index in [-0.39, 0.29) is 0 Å². The molecule has 2 aromatic carbocycles. The van der Waals surface area contributed by atoms with Gasteiger partial charge in [-0.1, -0.05) is 23.7 Å².